The molecule has 2 aromatic carbocycles. The summed E-state index contributed by atoms with van der Waals surface area (Å²) in [5.74, 6) is 1.61. The van der Waals surface area contributed by atoms with Crippen molar-refractivity contribution in [2.24, 2.45) is 0 Å². The van der Waals surface area contributed by atoms with Gasteiger partial charge in [-0.05, 0) is 30.7 Å². The molecule has 0 saturated heterocycles. The minimum absolute atomic E-state index is 0.319. The lowest BCUT2D eigenvalue weighted by molar-refractivity contribution is -0.00394. The number of ether oxygens (including phenoxy) is 2. The van der Waals surface area contributed by atoms with Crippen LogP contribution >= 0.6 is 9.47 Å². The van der Waals surface area contributed by atoms with Crippen molar-refractivity contribution < 1.29 is 14.0 Å². The molecule has 3 nitrogen and oxygen atoms in total. The molecule has 0 saturated carbocycles. The monoisotopic (exact) mass is 290 g/mol. The first kappa shape index (κ1) is 14.8. The second-order valence-corrected chi connectivity index (χ2v) is 4.64. The van der Waals surface area contributed by atoms with E-state index in [1.807, 2.05) is 60.7 Å². The van der Waals surface area contributed by atoms with Crippen LogP contribution in [0.2, 0.25) is 0 Å². The maximum absolute atomic E-state index is 5.88. The fourth-order valence-corrected chi connectivity index (χ4v) is 1.94. The van der Waals surface area contributed by atoms with Gasteiger partial charge in [0, 0.05) is 15.9 Å². The fourth-order valence-electron chi connectivity index (χ4n) is 1.78. The zero-order valence-electron chi connectivity index (χ0n) is 11.3. The van der Waals surface area contributed by atoms with Crippen LogP contribution in [0, 0.1) is 0 Å². The first-order valence-electron chi connectivity index (χ1n) is 6.63. The molecular weight excluding hydrogens is 271 g/mol. The molecule has 0 amide bonds. The zero-order valence-corrected chi connectivity index (χ0v) is 12.4. The van der Waals surface area contributed by atoms with Crippen molar-refractivity contribution in [3.05, 3.63) is 60.7 Å². The fraction of sp³-hybridized carbons (Fsp3) is 0.250. The Hall–Kier alpha value is -1.57. The van der Waals surface area contributed by atoms with Crippen LogP contribution < -0.4 is 9.47 Å². The van der Waals surface area contributed by atoms with Gasteiger partial charge in [-0.15, -0.1) is 0 Å². The third-order valence-corrected chi connectivity index (χ3v) is 2.96. The molecule has 20 heavy (non-hydrogen) atoms. The highest BCUT2D eigenvalue weighted by molar-refractivity contribution is 7.09. The van der Waals surface area contributed by atoms with E-state index in [4.69, 9.17) is 14.0 Å². The predicted octanol–water partition coefficient (Wildman–Crippen LogP) is 4.06. The molecule has 0 bridgehead atoms. The highest BCUT2D eigenvalue weighted by atomic mass is 31.0. The molecule has 4 heteroatoms. The molecule has 1 atom stereocenters. The lowest BCUT2D eigenvalue weighted by atomic mass is 10.3. The van der Waals surface area contributed by atoms with E-state index in [9.17, 15) is 0 Å². The number of hydrogen-bond donors (Lipinski definition) is 0. The molecule has 106 valence electrons. The lowest BCUT2D eigenvalue weighted by Crippen LogP contribution is -2.24. The third-order valence-electron chi connectivity index (χ3n) is 2.72. The number of para-hydroxylation sites is 2. The molecule has 0 N–H and O–H groups in total. The van der Waals surface area contributed by atoms with E-state index in [0.717, 1.165) is 24.3 Å². The average Bonchev–Trinajstić information content (AvgIpc) is 2.49. The van der Waals surface area contributed by atoms with Crippen molar-refractivity contribution in [1.82, 2.24) is 0 Å². The Morgan fingerprint density at radius 3 is 1.75 bits per heavy atom. The largest absolute Gasteiger partial charge is 0.455 e. The van der Waals surface area contributed by atoms with Gasteiger partial charge in [-0.1, -0.05) is 36.4 Å². The standard InChI is InChI=1S/C16H19O3P/c20-17-13-7-12-16(18-14-8-3-1-4-9-14)19-15-10-5-2-6-11-15/h1-6,8-11,16H,7,12-13,20H2. The normalized spacial score (nSPS) is 10.5. The second kappa shape index (κ2) is 8.57. The van der Waals surface area contributed by atoms with E-state index in [0.29, 0.717) is 6.61 Å². The first-order valence-corrected chi connectivity index (χ1v) is 7.11. The van der Waals surface area contributed by atoms with Gasteiger partial charge in [-0.2, -0.15) is 0 Å². The van der Waals surface area contributed by atoms with Crippen LogP contribution in [0.1, 0.15) is 12.8 Å². The van der Waals surface area contributed by atoms with E-state index in [-0.39, 0.29) is 6.29 Å². The average molecular weight is 290 g/mol. The second-order valence-electron chi connectivity index (χ2n) is 4.30. The van der Waals surface area contributed by atoms with E-state index < -0.39 is 0 Å². The van der Waals surface area contributed by atoms with Crippen LogP contribution in [-0.4, -0.2) is 12.9 Å². The maximum Gasteiger partial charge on any atom is 0.241 e. The van der Waals surface area contributed by atoms with E-state index >= 15 is 0 Å². The van der Waals surface area contributed by atoms with Crippen LogP contribution in [0.5, 0.6) is 11.5 Å². The molecule has 2 rings (SSSR count). The quantitative estimate of drug-likeness (QED) is 0.417. The summed E-state index contributed by atoms with van der Waals surface area (Å²) in [5, 5.41) is 0. The molecule has 0 aliphatic carbocycles. The van der Waals surface area contributed by atoms with Gasteiger partial charge in [0.05, 0.1) is 6.61 Å². The Bertz CT molecular complexity index is 434. The summed E-state index contributed by atoms with van der Waals surface area (Å²) >= 11 is 0. The predicted molar refractivity (Wildman–Crippen MR) is 82.8 cm³/mol. The van der Waals surface area contributed by atoms with Gasteiger partial charge in [0.2, 0.25) is 6.29 Å². The van der Waals surface area contributed by atoms with E-state index in [1.165, 1.54) is 0 Å². The smallest absolute Gasteiger partial charge is 0.241 e. The van der Waals surface area contributed by atoms with Crippen molar-refractivity contribution >= 4 is 9.47 Å². The topological polar surface area (TPSA) is 27.7 Å². The third kappa shape index (κ3) is 5.20. The van der Waals surface area contributed by atoms with Crippen LogP contribution in [0.25, 0.3) is 0 Å². The van der Waals surface area contributed by atoms with Crippen molar-refractivity contribution in [1.29, 1.82) is 0 Å². The van der Waals surface area contributed by atoms with Crippen molar-refractivity contribution in [2.75, 3.05) is 6.61 Å². The molecule has 1 unspecified atom stereocenters. The summed E-state index contributed by atoms with van der Waals surface area (Å²) in [6.07, 6.45) is 1.31. The van der Waals surface area contributed by atoms with Crippen molar-refractivity contribution in [3.8, 4) is 11.5 Å². The van der Waals surface area contributed by atoms with Gasteiger partial charge in [0.1, 0.15) is 11.5 Å². The Balaban J connectivity index is 1.96. The maximum atomic E-state index is 5.88. The highest BCUT2D eigenvalue weighted by Crippen LogP contribution is 2.18. The minimum atomic E-state index is -0.319. The summed E-state index contributed by atoms with van der Waals surface area (Å²) in [7, 11) is 2.26. The van der Waals surface area contributed by atoms with Crippen LogP contribution in [-0.2, 0) is 4.52 Å². The number of benzene rings is 2. The highest BCUT2D eigenvalue weighted by Gasteiger charge is 2.12. The summed E-state index contributed by atoms with van der Waals surface area (Å²) in [6.45, 7) is 0.664. The Morgan fingerprint density at radius 2 is 1.30 bits per heavy atom. The van der Waals surface area contributed by atoms with Crippen molar-refractivity contribution in [2.45, 2.75) is 19.1 Å². The van der Waals surface area contributed by atoms with Crippen LogP contribution in [0.3, 0.4) is 0 Å². The van der Waals surface area contributed by atoms with Gasteiger partial charge in [-0.3, -0.25) is 0 Å². The Labute approximate surface area is 122 Å². The summed E-state index contributed by atoms with van der Waals surface area (Å²) in [6, 6.07) is 19.4. The van der Waals surface area contributed by atoms with Gasteiger partial charge in [0.25, 0.3) is 0 Å². The van der Waals surface area contributed by atoms with Gasteiger partial charge in [0.15, 0.2) is 0 Å². The Morgan fingerprint density at radius 1 is 0.800 bits per heavy atom. The first-order chi connectivity index (χ1) is 9.88. The van der Waals surface area contributed by atoms with Crippen molar-refractivity contribution in [3.63, 3.8) is 0 Å². The zero-order chi connectivity index (χ0) is 14.0. The van der Waals surface area contributed by atoms with E-state index in [1.54, 1.807) is 0 Å². The molecule has 0 radical (unpaired) electrons. The molecule has 2 aromatic rings. The lowest BCUT2D eigenvalue weighted by Gasteiger charge is -2.20. The molecule has 0 aliphatic rings. The minimum Gasteiger partial charge on any atom is -0.455 e. The SMILES string of the molecule is POCCCC(Oc1ccccc1)Oc1ccccc1. The van der Waals surface area contributed by atoms with Gasteiger partial charge >= 0.3 is 0 Å². The number of hydrogen-bond acceptors (Lipinski definition) is 3. The summed E-state index contributed by atoms with van der Waals surface area (Å²) in [5.41, 5.74) is 0. The van der Waals surface area contributed by atoms with E-state index in [2.05, 4.69) is 9.47 Å². The van der Waals surface area contributed by atoms with Gasteiger partial charge < -0.3 is 14.0 Å². The Kier molecular flexibility index (Phi) is 6.36. The van der Waals surface area contributed by atoms with Crippen LogP contribution in [0.15, 0.2) is 60.7 Å². The molecule has 0 fully saturated rings. The van der Waals surface area contributed by atoms with Gasteiger partial charge in [-0.25, -0.2) is 0 Å². The van der Waals surface area contributed by atoms with Crippen LogP contribution in [0.4, 0.5) is 0 Å². The molecule has 0 aromatic heterocycles. The molecule has 0 heterocycles. The molecule has 0 spiro atoms. The molecular formula is C16H19O3P. The molecule has 0 aliphatic heterocycles. The summed E-state index contributed by atoms with van der Waals surface area (Å²) < 4.78 is 16.8. The summed E-state index contributed by atoms with van der Waals surface area (Å²) in [4.78, 5) is 0. The number of rotatable bonds is 8.